The molecule has 1 heterocycles. The summed E-state index contributed by atoms with van der Waals surface area (Å²) >= 11 is 6.16. The first-order chi connectivity index (χ1) is 15.7. The molecule has 2 N–H and O–H groups in total. The van der Waals surface area contributed by atoms with Gasteiger partial charge in [-0.3, -0.25) is 9.59 Å². The number of benzene rings is 3. The molecule has 4 rings (SSSR count). The van der Waals surface area contributed by atoms with E-state index in [1.165, 1.54) is 24.3 Å². The molecule has 3 aromatic carbocycles. The van der Waals surface area contributed by atoms with Gasteiger partial charge in [0.05, 0.1) is 21.7 Å². The van der Waals surface area contributed by atoms with Gasteiger partial charge in [-0.1, -0.05) is 49.4 Å². The van der Waals surface area contributed by atoms with Crippen molar-refractivity contribution >= 4 is 50.0 Å². The fourth-order valence-corrected chi connectivity index (χ4v) is 4.47. The molecular weight excluding hydrogens is 474 g/mol. The number of halogens is 1. The van der Waals surface area contributed by atoms with Crippen LogP contribution in [0.15, 0.2) is 83.8 Å². The van der Waals surface area contributed by atoms with Gasteiger partial charge in [-0.25, -0.2) is 18.1 Å². The number of sulfonamides is 1. The summed E-state index contributed by atoms with van der Waals surface area (Å²) in [6.07, 6.45) is 0. The van der Waals surface area contributed by atoms with Crippen LogP contribution in [0, 0.1) is 0 Å². The van der Waals surface area contributed by atoms with Gasteiger partial charge in [-0.15, -0.1) is 0 Å². The lowest BCUT2D eigenvalue weighted by molar-refractivity contribution is -0.117. The molecular formula is C25H22ClN3O4S. The Bertz CT molecular complexity index is 1470. The van der Waals surface area contributed by atoms with Gasteiger partial charge in [0.1, 0.15) is 0 Å². The summed E-state index contributed by atoms with van der Waals surface area (Å²) < 4.78 is 26.1. The summed E-state index contributed by atoms with van der Waals surface area (Å²) in [7, 11) is -3.96. The van der Waals surface area contributed by atoms with Crippen molar-refractivity contribution in [3.8, 4) is 11.3 Å². The smallest absolute Gasteiger partial charge is 0.264 e. The number of nitrogens with zero attached hydrogens (tertiary/aromatic N) is 1. The predicted molar refractivity (Wildman–Crippen MR) is 134 cm³/mol. The number of hydrogen-bond donors (Lipinski definition) is 2. The number of anilines is 1. The first-order valence-electron chi connectivity index (χ1n) is 9.83. The Kier molecular flexibility index (Phi) is 7.34. The van der Waals surface area contributed by atoms with Crippen LogP contribution in [0.1, 0.15) is 24.7 Å². The van der Waals surface area contributed by atoms with Crippen molar-refractivity contribution in [2.45, 2.75) is 19.2 Å². The van der Waals surface area contributed by atoms with Crippen molar-refractivity contribution in [2.24, 2.45) is 0 Å². The van der Waals surface area contributed by atoms with Crippen molar-refractivity contribution in [3.05, 3.63) is 89.4 Å². The first kappa shape index (κ1) is 24.9. The minimum Gasteiger partial charge on any atom is -0.322 e. The molecule has 0 aliphatic heterocycles. The molecule has 4 aromatic rings. The van der Waals surface area contributed by atoms with E-state index in [0.29, 0.717) is 32.9 Å². The van der Waals surface area contributed by atoms with Crippen LogP contribution in [0.5, 0.6) is 0 Å². The second-order valence-electron chi connectivity index (χ2n) is 7.22. The molecule has 0 saturated heterocycles. The zero-order chi connectivity index (χ0) is 23.6. The molecule has 0 spiro atoms. The minimum atomic E-state index is -3.96. The third kappa shape index (κ3) is 5.41. The van der Waals surface area contributed by atoms with Gasteiger partial charge >= 0.3 is 0 Å². The number of rotatable bonds is 5. The minimum absolute atomic E-state index is 0. The second kappa shape index (κ2) is 10.0. The van der Waals surface area contributed by atoms with Crippen LogP contribution in [-0.4, -0.2) is 25.2 Å². The van der Waals surface area contributed by atoms with Gasteiger partial charge in [-0.2, -0.15) is 0 Å². The molecule has 9 heteroatoms. The number of fused-ring (bicyclic) bond motifs is 1. The fourth-order valence-electron chi connectivity index (χ4n) is 3.31. The normalized spacial score (nSPS) is 10.9. The zero-order valence-electron chi connectivity index (χ0n) is 17.4. The zero-order valence-corrected chi connectivity index (χ0v) is 18.9. The standard InChI is InChI=1S/C24H18ClN3O4S.CH4/c1-15(29)28-33(31,32)19-10-8-18(9-11-19)26-24(30)21-14-23(16-5-3-2-4-6-16)27-22-12-7-17(25)13-20(21)22;/h2-14H,1H3,(H,26,30)(H,28,29);1H4. The second-order valence-corrected chi connectivity index (χ2v) is 9.34. The fraction of sp³-hybridized carbons (Fsp3) is 0.0800. The van der Waals surface area contributed by atoms with E-state index in [1.54, 1.807) is 24.3 Å². The maximum atomic E-state index is 13.2. The van der Waals surface area contributed by atoms with Crippen LogP contribution >= 0.6 is 11.6 Å². The van der Waals surface area contributed by atoms with E-state index in [4.69, 9.17) is 11.6 Å². The molecule has 0 atom stereocenters. The van der Waals surface area contributed by atoms with Crippen LogP contribution in [0.4, 0.5) is 5.69 Å². The lowest BCUT2D eigenvalue weighted by Crippen LogP contribution is -2.28. The lowest BCUT2D eigenvalue weighted by Gasteiger charge is -2.12. The Morgan fingerprint density at radius 1 is 0.912 bits per heavy atom. The van der Waals surface area contributed by atoms with E-state index < -0.39 is 21.8 Å². The Labute approximate surface area is 202 Å². The molecule has 0 aliphatic carbocycles. The molecule has 0 radical (unpaired) electrons. The molecule has 174 valence electrons. The summed E-state index contributed by atoms with van der Waals surface area (Å²) in [5.41, 5.74) is 2.86. The molecule has 1 aromatic heterocycles. The third-order valence-electron chi connectivity index (χ3n) is 4.79. The van der Waals surface area contributed by atoms with E-state index >= 15 is 0 Å². The summed E-state index contributed by atoms with van der Waals surface area (Å²) in [5.74, 6) is -1.09. The van der Waals surface area contributed by atoms with Crippen molar-refractivity contribution in [1.82, 2.24) is 9.71 Å². The maximum Gasteiger partial charge on any atom is 0.264 e. The molecule has 0 aliphatic rings. The average Bonchev–Trinajstić information content (AvgIpc) is 2.78. The van der Waals surface area contributed by atoms with Gasteiger partial charge < -0.3 is 5.32 Å². The largest absolute Gasteiger partial charge is 0.322 e. The Balaban J connectivity index is 0.00000324. The van der Waals surface area contributed by atoms with Gasteiger partial charge in [0.2, 0.25) is 5.91 Å². The molecule has 0 saturated carbocycles. The number of carbonyl (C=O) groups excluding carboxylic acids is 2. The average molecular weight is 496 g/mol. The highest BCUT2D eigenvalue weighted by Gasteiger charge is 2.17. The number of aromatic nitrogens is 1. The molecule has 34 heavy (non-hydrogen) atoms. The number of amides is 2. The SMILES string of the molecule is C.CC(=O)NS(=O)(=O)c1ccc(NC(=O)c2cc(-c3ccccc3)nc3ccc(Cl)cc23)cc1. The monoisotopic (exact) mass is 495 g/mol. The Morgan fingerprint density at radius 3 is 2.24 bits per heavy atom. The van der Waals surface area contributed by atoms with E-state index in [0.717, 1.165) is 12.5 Å². The summed E-state index contributed by atoms with van der Waals surface area (Å²) in [4.78, 5) is 28.9. The van der Waals surface area contributed by atoms with Crippen molar-refractivity contribution < 1.29 is 18.0 Å². The van der Waals surface area contributed by atoms with E-state index in [9.17, 15) is 18.0 Å². The third-order valence-corrected chi connectivity index (χ3v) is 6.47. The number of hydrogen-bond acceptors (Lipinski definition) is 5. The van der Waals surface area contributed by atoms with Gasteiger partial charge in [-0.05, 0) is 48.5 Å². The van der Waals surface area contributed by atoms with Crippen LogP contribution < -0.4 is 10.0 Å². The molecule has 2 amide bonds. The number of carbonyl (C=O) groups is 2. The predicted octanol–water partition coefficient (Wildman–Crippen LogP) is 5.27. The number of pyridine rings is 1. The van der Waals surface area contributed by atoms with Gasteiger partial charge in [0.15, 0.2) is 0 Å². The highest BCUT2D eigenvalue weighted by molar-refractivity contribution is 7.90. The quantitative estimate of drug-likeness (QED) is 0.392. The maximum absolute atomic E-state index is 13.2. The Morgan fingerprint density at radius 2 is 1.59 bits per heavy atom. The number of nitrogens with one attached hydrogen (secondary N) is 2. The highest BCUT2D eigenvalue weighted by Crippen LogP contribution is 2.28. The summed E-state index contributed by atoms with van der Waals surface area (Å²) in [5, 5.41) is 3.83. The molecule has 0 bridgehead atoms. The molecule has 0 fully saturated rings. The summed E-state index contributed by atoms with van der Waals surface area (Å²) in [6.45, 7) is 1.11. The highest BCUT2D eigenvalue weighted by atomic mass is 35.5. The lowest BCUT2D eigenvalue weighted by atomic mass is 10.0. The topological polar surface area (TPSA) is 105 Å². The molecule has 7 nitrogen and oxygen atoms in total. The Hall–Kier alpha value is -3.75. The van der Waals surface area contributed by atoms with E-state index in [2.05, 4.69) is 10.3 Å². The molecule has 0 unspecified atom stereocenters. The van der Waals surface area contributed by atoms with Gasteiger partial charge in [0.25, 0.3) is 15.9 Å². The first-order valence-corrected chi connectivity index (χ1v) is 11.7. The van der Waals surface area contributed by atoms with Crippen LogP contribution in [0.3, 0.4) is 0 Å². The van der Waals surface area contributed by atoms with Crippen molar-refractivity contribution in [2.75, 3.05) is 5.32 Å². The van der Waals surface area contributed by atoms with E-state index in [1.807, 2.05) is 35.1 Å². The van der Waals surface area contributed by atoms with Crippen molar-refractivity contribution in [3.63, 3.8) is 0 Å². The van der Waals surface area contributed by atoms with Crippen molar-refractivity contribution in [1.29, 1.82) is 0 Å². The summed E-state index contributed by atoms with van der Waals surface area (Å²) in [6, 6.07) is 21.8. The van der Waals surface area contributed by atoms with Crippen LogP contribution in [0.25, 0.3) is 22.2 Å². The van der Waals surface area contributed by atoms with Crippen LogP contribution in [-0.2, 0) is 14.8 Å². The van der Waals surface area contributed by atoms with Gasteiger partial charge in [0, 0.05) is 28.6 Å². The van der Waals surface area contributed by atoms with Crippen LogP contribution in [0.2, 0.25) is 5.02 Å². The van der Waals surface area contributed by atoms with E-state index in [-0.39, 0.29) is 12.3 Å².